The largest absolute Gasteiger partial charge is 0.416 e. The molecule has 3 atom stereocenters. The minimum absolute atomic E-state index is 0.0601. The zero-order chi connectivity index (χ0) is 19.9. The van der Waals surface area contributed by atoms with Crippen LogP contribution in [0.25, 0.3) is 0 Å². The predicted molar refractivity (Wildman–Crippen MR) is 103 cm³/mol. The number of hydrogen-bond donors (Lipinski definition) is 1. The van der Waals surface area contributed by atoms with Crippen molar-refractivity contribution in [2.75, 3.05) is 13.1 Å². The van der Waals surface area contributed by atoms with E-state index >= 15 is 0 Å². The lowest BCUT2D eigenvalue weighted by Gasteiger charge is -2.15. The molecular formula is C20H17Cl2F3N2O. The van der Waals surface area contributed by atoms with Crippen LogP contribution in [0.3, 0.4) is 0 Å². The van der Waals surface area contributed by atoms with Gasteiger partial charge in [0.15, 0.2) is 0 Å². The van der Waals surface area contributed by atoms with E-state index in [1.807, 2.05) is 12.1 Å². The second kappa shape index (κ2) is 7.25. The van der Waals surface area contributed by atoms with Gasteiger partial charge in [0.05, 0.1) is 15.6 Å². The summed E-state index contributed by atoms with van der Waals surface area (Å²) in [6, 6.07) is 10.6. The van der Waals surface area contributed by atoms with Crippen LogP contribution in [0.5, 0.6) is 0 Å². The highest BCUT2D eigenvalue weighted by molar-refractivity contribution is 6.42. The lowest BCUT2D eigenvalue weighted by molar-refractivity contribution is -0.137. The molecule has 3 unspecified atom stereocenters. The zero-order valence-electron chi connectivity index (χ0n) is 14.6. The van der Waals surface area contributed by atoms with Crippen LogP contribution in [0.15, 0.2) is 47.6 Å². The molecule has 0 spiro atoms. The molecule has 0 radical (unpaired) electrons. The monoisotopic (exact) mass is 428 g/mol. The molecule has 0 amide bonds. The predicted octanol–water partition coefficient (Wildman–Crippen LogP) is 5.30. The first-order valence-electron chi connectivity index (χ1n) is 8.80. The lowest BCUT2D eigenvalue weighted by Crippen LogP contribution is -2.24. The highest BCUT2D eigenvalue weighted by atomic mass is 35.5. The van der Waals surface area contributed by atoms with Crippen molar-refractivity contribution in [3.8, 4) is 0 Å². The molecule has 1 N–H and O–H groups in total. The van der Waals surface area contributed by atoms with Gasteiger partial charge in [-0.3, -0.25) is 0 Å². The normalized spacial score (nSPS) is 26.5. The van der Waals surface area contributed by atoms with Crippen LogP contribution in [0, 0.1) is 11.8 Å². The fourth-order valence-corrected chi connectivity index (χ4v) is 4.38. The molecule has 2 aromatic carbocycles. The van der Waals surface area contributed by atoms with E-state index in [0.717, 1.165) is 30.8 Å². The minimum atomic E-state index is -4.34. The van der Waals surface area contributed by atoms with Crippen molar-refractivity contribution in [1.29, 1.82) is 0 Å². The standard InChI is InChI=1S/C20H17Cl2F3N2O/c21-17-6-5-14(7-18(17)22)19-11-26-8-15(19)16(19)9-27-28-10-12-1-3-13(4-2-12)20(23,24)25/h1-7,9,15-16,26H,8,10-11H2/b27-9+. The summed E-state index contributed by atoms with van der Waals surface area (Å²) in [5, 5.41) is 8.50. The Morgan fingerprint density at radius 2 is 1.89 bits per heavy atom. The quantitative estimate of drug-likeness (QED) is 0.517. The summed E-state index contributed by atoms with van der Waals surface area (Å²) in [6.45, 7) is 1.82. The van der Waals surface area contributed by atoms with E-state index < -0.39 is 11.7 Å². The zero-order valence-corrected chi connectivity index (χ0v) is 16.2. The third-order valence-electron chi connectivity index (χ3n) is 5.63. The Hall–Kier alpha value is -1.76. The Morgan fingerprint density at radius 3 is 2.57 bits per heavy atom. The molecule has 1 aliphatic heterocycles. The molecule has 0 aromatic heterocycles. The van der Waals surface area contributed by atoms with Gasteiger partial charge in [0, 0.05) is 24.1 Å². The van der Waals surface area contributed by atoms with Gasteiger partial charge in [-0.1, -0.05) is 46.6 Å². The van der Waals surface area contributed by atoms with Crippen LogP contribution in [-0.2, 0) is 23.0 Å². The van der Waals surface area contributed by atoms with Crippen molar-refractivity contribution in [3.63, 3.8) is 0 Å². The Kier molecular flexibility index (Phi) is 5.06. The van der Waals surface area contributed by atoms with Crippen molar-refractivity contribution in [2.24, 2.45) is 17.0 Å². The average Bonchev–Trinajstić information content (AvgIpc) is 3.04. The number of hydrogen-bond acceptors (Lipinski definition) is 3. The molecule has 4 rings (SSSR count). The Bertz CT molecular complexity index is 901. The fourth-order valence-electron chi connectivity index (χ4n) is 4.08. The molecule has 1 saturated carbocycles. The van der Waals surface area contributed by atoms with Crippen molar-refractivity contribution in [2.45, 2.75) is 18.2 Å². The molecule has 148 valence electrons. The van der Waals surface area contributed by atoms with E-state index in [2.05, 4.69) is 10.5 Å². The number of nitrogens with one attached hydrogen (secondary N) is 1. The summed E-state index contributed by atoms with van der Waals surface area (Å²) in [5.74, 6) is 0.627. The molecule has 3 nitrogen and oxygen atoms in total. The van der Waals surface area contributed by atoms with E-state index in [1.165, 1.54) is 12.1 Å². The summed E-state index contributed by atoms with van der Waals surface area (Å²) in [4.78, 5) is 5.31. The first kappa shape index (κ1) is 19.6. The topological polar surface area (TPSA) is 33.6 Å². The van der Waals surface area contributed by atoms with Crippen molar-refractivity contribution in [1.82, 2.24) is 5.32 Å². The van der Waals surface area contributed by atoms with Crippen LogP contribution in [0.2, 0.25) is 10.0 Å². The van der Waals surface area contributed by atoms with Gasteiger partial charge in [-0.2, -0.15) is 13.2 Å². The smallest absolute Gasteiger partial charge is 0.391 e. The molecule has 28 heavy (non-hydrogen) atoms. The first-order chi connectivity index (χ1) is 13.3. The third kappa shape index (κ3) is 3.49. The number of alkyl halides is 3. The first-order valence-corrected chi connectivity index (χ1v) is 9.56. The Morgan fingerprint density at radius 1 is 1.14 bits per heavy atom. The van der Waals surface area contributed by atoms with E-state index in [-0.39, 0.29) is 17.9 Å². The number of fused-ring (bicyclic) bond motifs is 1. The molecular weight excluding hydrogens is 412 g/mol. The number of nitrogens with zero attached hydrogens (tertiary/aromatic N) is 1. The van der Waals surface area contributed by atoms with Crippen molar-refractivity contribution in [3.05, 3.63) is 69.2 Å². The molecule has 2 aromatic rings. The van der Waals surface area contributed by atoms with Gasteiger partial charge < -0.3 is 10.2 Å². The Labute approximate surface area is 170 Å². The third-order valence-corrected chi connectivity index (χ3v) is 6.37. The van der Waals surface area contributed by atoms with E-state index in [0.29, 0.717) is 21.5 Å². The highest BCUT2D eigenvalue weighted by Crippen LogP contribution is 2.61. The molecule has 1 heterocycles. The maximum Gasteiger partial charge on any atom is 0.416 e. The van der Waals surface area contributed by atoms with Gasteiger partial charge in [0.2, 0.25) is 0 Å². The lowest BCUT2D eigenvalue weighted by atomic mass is 9.93. The van der Waals surface area contributed by atoms with Gasteiger partial charge >= 0.3 is 6.18 Å². The van der Waals surface area contributed by atoms with Gasteiger partial charge in [-0.25, -0.2) is 0 Å². The molecule has 2 fully saturated rings. The fraction of sp³-hybridized carbons (Fsp3) is 0.350. The van der Waals surface area contributed by atoms with Gasteiger partial charge in [-0.15, -0.1) is 0 Å². The van der Waals surface area contributed by atoms with Crippen molar-refractivity contribution >= 4 is 29.4 Å². The van der Waals surface area contributed by atoms with Crippen LogP contribution < -0.4 is 5.32 Å². The second-order valence-electron chi connectivity index (χ2n) is 7.16. The van der Waals surface area contributed by atoms with E-state index in [1.54, 1.807) is 12.3 Å². The molecule has 1 aliphatic carbocycles. The highest BCUT2D eigenvalue weighted by Gasteiger charge is 2.67. The second-order valence-corrected chi connectivity index (χ2v) is 7.97. The number of rotatable bonds is 5. The molecule has 0 bridgehead atoms. The summed E-state index contributed by atoms with van der Waals surface area (Å²) >= 11 is 12.2. The van der Waals surface area contributed by atoms with Crippen LogP contribution in [0.1, 0.15) is 16.7 Å². The molecule has 2 aliphatic rings. The molecule has 1 saturated heterocycles. The van der Waals surface area contributed by atoms with Gasteiger partial charge in [0.25, 0.3) is 0 Å². The summed E-state index contributed by atoms with van der Waals surface area (Å²) < 4.78 is 37.7. The summed E-state index contributed by atoms with van der Waals surface area (Å²) in [7, 11) is 0. The average molecular weight is 429 g/mol. The maximum atomic E-state index is 12.6. The maximum absolute atomic E-state index is 12.6. The van der Waals surface area contributed by atoms with E-state index in [9.17, 15) is 13.2 Å². The number of benzene rings is 2. The Balaban J connectivity index is 1.38. The summed E-state index contributed by atoms with van der Waals surface area (Å²) in [6.07, 6.45) is -2.55. The van der Waals surface area contributed by atoms with Gasteiger partial charge in [-0.05, 0) is 47.9 Å². The van der Waals surface area contributed by atoms with Crippen LogP contribution >= 0.6 is 23.2 Å². The minimum Gasteiger partial charge on any atom is -0.391 e. The SMILES string of the molecule is FC(F)(F)c1ccc(CO/N=C/C2C3CNCC23c2ccc(Cl)c(Cl)c2)cc1. The van der Waals surface area contributed by atoms with Gasteiger partial charge in [0.1, 0.15) is 6.61 Å². The number of oxime groups is 1. The number of piperidine rings is 1. The summed E-state index contributed by atoms with van der Waals surface area (Å²) in [5.41, 5.74) is 1.01. The molecule has 8 heteroatoms. The number of halogens is 5. The van der Waals surface area contributed by atoms with Crippen LogP contribution in [-0.4, -0.2) is 19.3 Å². The van der Waals surface area contributed by atoms with Crippen LogP contribution in [0.4, 0.5) is 13.2 Å². The van der Waals surface area contributed by atoms with E-state index in [4.69, 9.17) is 28.0 Å². The van der Waals surface area contributed by atoms with Crippen molar-refractivity contribution < 1.29 is 18.0 Å².